The Labute approximate surface area is 288 Å². The van der Waals surface area contributed by atoms with Gasteiger partial charge in [-0.05, 0) is 17.7 Å². The molecule has 5 aromatic rings. The highest BCUT2D eigenvalue weighted by molar-refractivity contribution is 7.91. The number of nitro benzene ring substituents is 2. The number of nitro groups is 2. The van der Waals surface area contributed by atoms with Crippen molar-refractivity contribution < 1.29 is 35.8 Å². The van der Waals surface area contributed by atoms with Crippen LogP contribution in [0.25, 0.3) is 21.8 Å². The minimum atomic E-state index is -3.93. The maximum atomic E-state index is 13.5. The molecule has 2 aromatic heterocycles. The number of anilines is 1. The lowest BCUT2D eigenvalue weighted by molar-refractivity contribution is -0.387. The van der Waals surface area contributed by atoms with Gasteiger partial charge in [-0.2, -0.15) is 13.7 Å². The minimum Gasteiger partial charge on any atom is -0.377 e. The number of rotatable bonds is 12. The van der Waals surface area contributed by atoms with Crippen LogP contribution in [-0.2, 0) is 31.4 Å². The average Bonchev–Trinajstić information content (AvgIpc) is 3.04. The minimum absolute atomic E-state index is 0.0239. The van der Waals surface area contributed by atoms with Crippen molar-refractivity contribution in [2.75, 3.05) is 40.6 Å². The maximum absolute atomic E-state index is 13.5. The second-order valence-electron chi connectivity index (χ2n) is 10.6. The molecule has 0 amide bonds. The van der Waals surface area contributed by atoms with Gasteiger partial charge in [-0.15, -0.1) is 0 Å². The Bertz CT molecular complexity index is 2680. The highest BCUT2D eigenvalue weighted by Crippen LogP contribution is 2.27. The first-order valence-corrected chi connectivity index (χ1v) is 18.0. The number of H-pyrrole nitrogens is 2. The summed E-state index contributed by atoms with van der Waals surface area (Å²) in [6, 6.07) is 12.9. The van der Waals surface area contributed by atoms with Crippen molar-refractivity contribution in [3.8, 4) is 0 Å². The second-order valence-corrected chi connectivity index (χ2v) is 14.1. The van der Waals surface area contributed by atoms with E-state index in [-0.39, 0.29) is 50.3 Å². The molecule has 276 valence electrons. The van der Waals surface area contributed by atoms with Crippen molar-refractivity contribution in [2.24, 2.45) is 0 Å². The highest BCUT2D eigenvalue weighted by atomic mass is 32.2. The SMILES string of the molecule is CS(=O)(=O)Nn1c(=O)[nH]c2cc([N+](=O)[O-])c(F)cc2c1=O.CS(=O)(=O)Nn1c(=O)[nH]c2cc([N+](=O)[O-])c(NCCOCc3ccccc3)cc2c1=O. The standard InChI is InChI=1S/C18H19N5O7S.C9H7FN4O6S/c1-31(28,29)21-22-17(24)13-9-15(16(23(26)27)10-14(13)20-18(22)25)19-7-8-30-11-12-5-3-2-4-6-12;1-21(19,20)12-13-8(15)4-2-5(10)7(14(17)18)3-6(4)11-9(13)16/h2-6,9-10,19,21H,7-8,11H2,1H3,(H,20,25);2-3,12H,1H3,(H,11,16). The number of hydrogen-bond acceptors (Lipinski definition) is 14. The first-order chi connectivity index (χ1) is 24.3. The van der Waals surface area contributed by atoms with Crippen LogP contribution in [0.3, 0.4) is 0 Å². The summed E-state index contributed by atoms with van der Waals surface area (Å²) in [6.45, 7) is 0.805. The van der Waals surface area contributed by atoms with Crippen molar-refractivity contribution in [3.05, 3.63) is 128 Å². The summed E-state index contributed by atoms with van der Waals surface area (Å²) in [7, 11) is -7.84. The lowest BCUT2D eigenvalue weighted by Gasteiger charge is -2.11. The molecule has 0 bridgehead atoms. The number of ether oxygens (including phenoxy) is 1. The Morgan fingerprint density at radius 1 is 0.769 bits per heavy atom. The summed E-state index contributed by atoms with van der Waals surface area (Å²) in [5.74, 6) is -1.29. The number of nitrogens with one attached hydrogen (secondary N) is 5. The van der Waals surface area contributed by atoms with Gasteiger partial charge in [0, 0.05) is 18.7 Å². The third-order valence-electron chi connectivity index (χ3n) is 6.56. The van der Waals surface area contributed by atoms with Gasteiger partial charge < -0.3 is 20.0 Å². The lowest BCUT2D eigenvalue weighted by Crippen LogP contribution is -2.43. The molecular weight excluding hydrogens is 741 g/mol. The van der Waals surface area contributed by atoms with Gasteiger partial charge in [0.05, 0.1) is 57.4 Å². The van der Waals surface area contributed by atoms with Gasteiger partial charge in [0.2, 0.25) is 25.9 Å². The summed E-state index contributed by atoms with van der Waals surface area (Å²) in [5, 5.41) is 24.3. The van der Waals surface area contributed by atoms with Crippen LogP contribution in [-0.4, -0.2) is 71.7 Å². The largest absolute Gasteiger partial charge is 0.377 e. The zero-order chi connectivity index (χ0) is 38.5. The second kappa shape index (κ2) is 15.2. The number of aromatic amines is 2. The van der Waals surface area contributed by atoms with E-state index in [2.05, 4.69) is 15.3 Å². The number of hydrogen-bond donors (Lipinski definition) is 5. The number of benzene rings is 3. The number of sulfonamides is 2. The van der Waals surface area contributed by atoms with Gasteiger partial charge in [0.15, 0.2) is 0 Å². The summed E-state index contributed by atoms with van der Waals surface area (Å²) in [4.78, 5) is 76.3. The predicted molar refractivity (Wildman–Crippen MR) is 184 cm³/mol. The number of aromatic nitrogens is 4. The summed E-state index contributed by atoms with van der Waals surface area (Å²) in [5.41, 5.74) is -5.05. The van der Waals surface area contributed by atoms with E-state index in [1.165, 1.54) is 6.07 Å². The van der Waals surface area contributed by atoms with Gasteiger partial charge in [-0.3, -0.25) is 29.8 Å². The molecule has 0 atom stereocenters. The Morgan fingerprint density at radius 3 is 1.73 bits per heavy atom. The molecule has 0 unspecified atom stereocenters. The summed E-state index contributed by atoms with van der Waals surface area (Å²) < 4.78 is 64.4. The Hall–Kier alpha value is -6.47. The van der Waals surface area contributed by atoms with Crippen molar-refractivity contribution in [1.82, 2.24) is 19.3 Å². The molecule has 0 aliphatic carbocycles. The molecule has 2 heterocycles. The molecule has 0 saturated carbocycles. The zero-order valence-electron chi connectivity index (χ0n) is 26.6. The molecule has 5 rings (SSSR count). The van der Waals surface area contributed by atoms with E-state index in [1.807, 2.05) is 30.3 Å². The Morgan fingerprint density at radius 2 is 1.25 bits per heavy atom. The Balaban J connectivity index is 0.000000251. The molecule has 0 aliphatic rings. The topological polar surface area (TPSA) is 310 Å². The normalized spacial score (nSPS) is 11.4. The van der Waals surface area contributed by atoms with Crippen LogP contribution < -0.4 is 37.5 Å². The average molecular weight is 768 g/mol. The first kappa shape index (κ1) is 38.3. The lowest BCUT2D eigenvalue weighted by atomic mass is 10.2. The maximum Gasteiger partial charge on any atom is 0.348 e. The van der Waals surface area contributed by atoms with Crippen LogP contribution >= 0.6 is 0 Å². The van der Waals surface area contributed by atoms with Crippen LogP contribution in [0.4, 0.5) is 21.5 Å². The molecule has 0 aliphatic heterocycles. The van der Waals surface area contributed by atoms with Gasteiger partial charge in [0.1, 0.15) is 5.69 Å². The predicted octanol–water partition coefficient (Wildman–Crippen LogP) is -0.0300. The molecule has 5 N–H and O–H groups in total. The fourth-order valence-electron chi connectivity index (χ4n) is 4.43. The monoisotopic (exact) mass is 767 g/mol. The van der Waals surface area contributed by atoms with Crippen LogP contribution in [0.1, 0.15) is 5.56 Å². The van der Waals surface area contributed by atoms with Crippen molar-refractivity contribution >= 4 is 58.9 Å². The van der Waals surface area contributed by atoms with E-state index in [0.717, 1.165) is 17.9 Å². The quantitative estimate of drug-likeness (QED) is 0.0633. The van der Waals surface area contributed by atoms with Gasteiger partial charge in [-0.1, -0.05) is 30.3 Å². The zero-order valence-corrected chi connectivity index (χ0v) is 28.2. The molecule has 0 saturated heterocycles. The number of fused-ring (bicyclic) bond motifs is 2. The molecule has 0 radical (unpaired) electrons. The molecule has 0 fully saturated rings. The third-order valence-corrected chi connectivity index (χ3v) is 7.59. The van der Waals surface area contributed by atoms with E-state index in [0.29, 0.717) is 25.0 Å². The summed E-state index contributed by atoms with van der Waals surface area (Å²) >= 11 is 0. The molecular formula is C27H26FN9O13S2. The van der Waals surface area contributed by atoms with E-state index < -0.39 is 69.3 Å². The fraction of sp³-hybridized carbons (Fsp3) is 0.185. The van der Waals surface area contributed by atoms with Crippen LogP contribution in [0.15, 0.2) is 73.8 Å². The van der Waals surface area contributed by atoms with Crippen LogP contribution in [0.5, 0.6) is 0 Å². The Kier molecular flexibility index (Phi) is 11.2. The molecule has 3 aromatic carbocycles. The van der Waals surface area contributed by atoms with Gasteiger partial charge in [-0.25, -0.2) is 36.1 Å². The van der Waals surface area contributed by atoms with Crippen molar-refractivity contribution in [3.63, 3.8) is 0 Å². The first-order valence-electron chi connectivity index (χ1n) is 14.2. The third kappa shape index (κ3) is 9.40. The van der Waals surface area contributed by atoms with E-state index in [4.69, 9.17) is 4.74 Å². The van der Waals surface area contributed by atoms with E-state index in [1.54, 1.807) is 9.66 Å². The van der Waals surface area contributed by atoms with E-state index >= 15 is 0 Å². The molecule has 52 heavy (non-hydrogen) atoms. The molecule has 22 nitrogen and oxygen atoms in total. The van der Waals surface area contributed by atoms with Gasteiger partial charge in [0.25, 0.3) is 16.8 Å². The number of halogens is 1. The van der Waals surface area contributed by atoms with Crippen molar-refractivity contribution in [1.29, 1.82) is 0 Å². The smallest absolute Gasteiger partial charge is 0.348 e. The molecule has 25 heteroatoms. The number of nitrogens with zero attached hydrogens (tertiary/aromatic N) is 4. The molecule has 0 spiro atoms. The fourth-order valence-corrected chi connectivity index (χ4v) is 5.43. The van der Waals surface area contributed by atoms with E-state index in [9.17, 15) is 60.6 Å². The van der Waals surface area contributed by atoms with Crippen LogP contribution in [0.2, 0.25) is 0 Å². The van der Waals surface area contributed by atoms with Gasteiger partial charge >= 0.3 is 17.1 Å². The van der Waals surface area contributed by atoms with Crippen LogP contribution in [0, 0.1) is 26.0 Å². The summed E-state index contributed by atoms with van der Waals surface area (Å²) in [6.07, 6.45) is 1.49. The van der Waals surface area contributed by atoms with Crippen molar-refractivity contribution in [2.45, 2.75) is 6.61 Å². The highest BCUT2D eigenvalue weighted by Gasteiger charge is 2.21.